The Labute approximate surface area is 95.5 Å². The normalized spacial score (nSPS) is 14.1. The van der Waals surface area contributed by atoms with E-state index in [0.29, 0.717) is 13.2 Å². The second kappa shape index (κ2) is 8.82. The molecular formula is C11H22F3NO. The molecule has 98 valence electrons. The Bertz CT molecular complexity index is 162. The fraction of sp³-hybridized carbons (Fsp3) is 1.00. The van der Waals surface area contributed by atoms with Crippen LogP contribution in [0.4, 0.5) is 13.2 Å². The quantitative estimate of drug-likeness (QED) is 0.627. The molecule has 5 heteroatoms. The second-order valence-corrected chi connectivity index (χ2v) is 4.11. The van der Waals surface area contributed by atoms with Crippen LogP contribution in [0.2, 0.25) is 0 Å². The summed E-state index contributed by atoms with van der Waals surface area (Å²) in [5.41, 5.74) is 0. The zero-order valence-electron chi connectivity index (χ0n) is 10.1. The van der Waals surface area contributed by atoms with Gasteiger partial charge in [-0.05, 0) is 25.3 Å². The van der Waals surface area contributed by atoms with Crippen LogP contribution >= 0.6 is 0 Å². The molecule has 0 aromatic rings. The Balaban J connectivity index is 3.28. The molecule has 0 aliphatic carbocycles. The molecule has 0 aliphatic heterocycles. The standard InChI is InChI=1S/C11H22F3NO/c1-3-4-6-16-7-5-10(2)8-15-9-11(12,13)14/h10,15H,3-9H2,1-2H3. The van der Waals surface area contributed by atoms with Crippen molar-refractivity contribution in [2.75, 3.05) is 26.3 Å². The number of unbranched alkanes of at least 4 members (excludes halogenated alkanes) is 1. The van der Waals surface area contributed by atoms with Gasteiger partial charge in [-0.3, -0.25) is 0 Å². The van der Waals surface area contributed by atoms with Crippen LogP contribution in [0.3, 0.4) is 0 Å². The van der Waals surface area contributed by atoms with Gasteiger partial charge in [0.2, 0.25) is 0 Å². The highest BCUT2D eigenvalue weighted by atomic mass is 19.4. The maximum absolute atomic E-state index is 11.8. The first kappa shape index (κ1) is 15.7. The van der Waals surface area contributed by atoms with E-state index in [4.69, 9.17) is 4.74 Å². The minimum Gasteiger partial charge on any atom is -0.381 e. The van der Waals surface area contributed by atoms with E-state index in [2.05, 4.69) is 12.2 Å². The largest absolute Gasteiger partial charge is 0.401 e. The lowest BCUT2D eigenvalue weighted by atomic mass is 10.1. The Morgan fingerprint density at radius 3 is 2.50 bits per heavy atom. The van der Waals surface area contributed by atoms with Crippen LogP contribution in [0.5, 0.6) is 0 Å². The van der Waals surface area contributed by atoms with Crippen molar-refractivity contribution >= 4 is 0 Å². The van der Waals surface area contributed by atoms with Gasteiger partial charge in [0.25, 0.3) is 0 Å². The minimum atomic E-state index is -4.11. The highest BCUT2D eigenvalue weighted by molar-refractivity contribution is 4.60. The van der Waals surface area contributed by atoms with Gasteiger partial charge in [0, 0.05) is 13.2 Å². The van der Waals surface area contributed by atoms with E-state index in [0.717, 1.165) is 25.9 Å². The number of alkyl halides is 3. The van der Waals surface area contributed by atoms with Gasteiger partial charge in [-0.15, -0.1) is 0 Å². The van der Waals surface area contributed by atoms with Crippen LogP contribution in [-0.4, -0.2) is 32.5 Å². The Morgan fingerprint density at radius 1 is 1.25 bits per heavy atom. The van der Waals surface area contributed by atoms with E-state index in [9.17, 15) is 13.2 Å². The highest BCUT2D eigenvalue weighted by Gasteiger charge is 2.26. The molecule has 1 unspecified atom stereocenters. The predicted molar refractivity (Wildman–Crippen MR) is 58.4 cm³/mol. The molecule has 0 saturated carbocycles. The van der Waals surface area contributed by atoms with Crippen LogP contribution in [0.1, 0.15) is 33.1 Å². The van der Waals surface area contributed by atoms with Gasteiger partial charge in [0.05, 0.1) is 6.54 Å². The van der Waals surface area contributed by atoms with Gasteiger partial charge in [0.1, 0.15) is 0 Å². The van der Waals surface area contributed by atoms with Crippen molar-refractivity contribution < 1.29 is 17.9 Å². The van der Waals surface area contributed by atoms with Crippen LogP contribution in [0, 0.1) is 5.92 Å². The minimum absolute atomic E-state index is 0.212. The van der Waals surface area contributed by atoms with E-state index in [1.54, 1.807) is 0 Å². The maximum atomic E-state index is 11.8. The molecule has 0 saturated heterocycles. The molecule has 0 bridgehead atoms. The summed E-state index contributed by atoms with van der Waals surface area (Å²) in [4.78, 5) is 0. The van der Waals surface area contributed by atoms with Crippen molar-refractivity contribution in [3.05, 3.63) is 0 Å². The summed E-state index contributed by atoms with van der Waals surface area (Å²) in [6, 6.07) is 0. The zero-order valence-corrected chi connectivity index (χ0v) is 10.1. The van der Waals surface area contributed by atoms with Gasteiger partial charge in [0.15, 0.2) is 0 Å². The van der Waals surface area contributed by atoms with E-state index in [1.165, 1.54) is 0 Å². The first-order valence-electron chi connectivity index (χ1n) is 5.81. The molecule has 0 spiro atoms. The van der Waals surface area contributed by atoms with Crippen LogP contribution < -0.4 is 5.32 Å². The first-order chi connectivity index (χ1) is 7.45. The van der Waals surface area contributed by atoms with E-state index in [1.807, 2.05) is 6.92 Å². The maximum Gasteiger partial charge on any atom is 0.401 e. The fourth-order valence-corrected chi connectivity index (χ4v) is 1.20. The van der Waals surface area contributed by atoms with Crippen LogP contribution in [-0.2, 0) is 4.74 Å². The van der Waals surface area contributed by atoms with Crippen molar-refractivity contribution in [1.29, 1.82) is 0 Å². The predicted octanol–water partition coefficient (Wildman–Crippen LogP) is 2.98. The number of halogens is 3. The smallest absolute Gasteiger partial charge is 0.381 e. The molecule has 0 rings (SSSR count). The lowest BCUT2D eigenvalue weighted by Crippen LogP contribution is -2.32. The number of rotatable bonds is 9. The average molecular weight is 241 g/mol. The summed E-state index contributed by atoms with van der Waals surface area (Å²) in [5, 5.41) is 2.40. The van der Waals surface area contributed by atoms with Crippen molar-refractivity contribution in [1.82, 2.24) is 5.32 Å². The fourth-order valence-electron chi connectivity index (χ4n) is 1.20. The molecule has 1 atom stereocenters. The van der Waals surface area contributed by atoms with Crippen molar-refractivity contribution in [3.63, 3.8) is 0 Å². The van der Waals surface area contributed by atoms with Gasteiger partial charge in [-0.25, -0.2) is 0 Å². The Hall–Kier alpha value is -0.290. The molecule has 0 heterocycles. The third-order valence-corrected chi connectivity index (χ3v) is 2.22. The van der Waals surface area contributed by atoms with Gasteiger partial charge in [-0.1, -0.05) is 20.3 Å². The third-order valence-electron chi connectivity index (χ3n) is 2.22. The monoisotopic (exact) mass is 241 g/mol. The number of ether oxygens (including phenoxy) is 1. The van der Waals surface area contributed by atoms with E-state index in [-0.39, 0.29) is 5.92 Å². The molecule has 0 aromatic heterocycles. The molecule has 1 N–H and O–H groups in total. The zero-order chi connectivity index (χ0) is 12.4. The first-order valence-corrected chi connectivity index (χ1v) is 5.81. The van der Waals surface area contributed by atoms with Crippen LogP contribution in [0.25, 0.3) is 0 Å². The molecule has 0 aromatic carbocycles. The number of hydrogen-bond donors (Lipinski definition) is 1. The molecule has 0 aliphatic rings. The lowest BCUT2D eigenvalue weighted by Gasteiger charge is -2.13. The second-order valence-electron chi connectivity index (χ2n) is 4.11. The summed E-state index contributed by atoms with van der Waals surface area (Å²) in [6.45, 7) is 4.87. The third kappa shape index (κ3) is 11.8. The SMILES string of the molecule is CCCCOCCC(C)CNCC(F)(F)F. The topological polar surface area (TPSA) is 21.3 Å². The van der Waals surface area contributed by atoms with Gasteiger partial charge >= 0.3 is 6.18 Å². The summed E-state index contributed by atoms with van der Waals surface area (Å²) in [6.07, 6.45) is -1.17. The number of hydrogen-bond acceptors (Lipinski definition) is 2. The molecule has 0 fully saturated rings. The average Bonchev–Trinajstić information content (AvgIpc) is 2.15. The lowest BCUT2D eigenvalue weighted by molar-refractivity contribution is -0.125. The van der Waals surface area contributed by atoms with Crippen LogP contribution in [0.15, 0.2) is 0 Å². The number of nitrogens with one attached hydrogen (secondary N) is 1. The Kier molecular flexibility index (Phi) is 8.66. The van der Waals surface area contributed by atoms with E-state index < -0.39 is 12.7 Å². The summed E-state index contributed by atoms with van der Waals surface area (Å²) >= 11 is 0. The van der Waals surface area contributed by atoms with Gasteiger partial charge < -0.3 is 10.1 Å². The highest BCUT2D eigenvalue weighted by Crippen LogP contribution is 2.12. The van der Waals surface area contributed by atoms with Crippen molar-refractivity contribution in [2.24, 2.45) is 5.92 Å². The van der Waals surface area contributed by atoms with Crippen molar-refractivity contribution in [2.45, 2.75) is 39.3 Å². The molecular weight excluding hydrogens is 219 g/mol. The van der Waals surface area contributed by atoms with Crippen molar-refractivity contribution in [3.8, 4) is 0 Å². The summed E-state index contributed by atoms with van der Waals surface area (Å²) < 4.78 is 40.8. The summed E-state index contributed by atoms with van der Waals surface area (Å²) in [5.74, 6) is 0.212. The molecule has 0 radical (unpaired) electrons. The van der Waals surface area contributed by atoms with E-state index >= 15 is 0 Å². The molecule has 0 amide bonds. The Morgan fingerprint density at radius 2 is 1.94 bits per heavy atom. The molecule has 16 heavy (non-hydrogen) atoms. The summed E-state index contributed by atoms with van der Waals surface area (Å²) in [7, 11) is 0. The molecule has 2 nitrogen and oxygen atoms in total. The van der Waals surface area contributed by atoms with Gasteiger partial charge in [-0.2, -0.15) is 13.2 Å².